The summed E-state index contributed by atoms with van der Waals surface area (Å²) >= 11 is 3.49. The number of rotatable bonds is 4. The second kappa shape index (κ2) is 6.04. The number of nitrogens with one attached hydrogen (secondary N) is 1. The van der Waals surface area contributed by atoms with Crippen LogP contribution in [0.3, 0.4) is 0 Å². The van der Waals surface area contributed by atoms with E-state index in [1.807, 2.05) is 19.2 Å². The number of phenols is 1. The second-order valence-corrected chi connectivity index (χ2v) is 5.81. The number of aromatic hydroxyl groups is 1. The van der Waals surface area contributed by atoms with Gasteiger partial charge in [0.1, 0.15) is 5.75 Å². The van der Waals surface area contributed by atoms with Crippen molar-refractivity contribution in [1.29, 1.82) is 0 Å². The van der Waals surface area contributed by atoms with Crippen molar-refractivity contribution in [3.05, 3.63) is 28.2 Å². The van der Waals surface area contributed by atoms with Crippen molar-refractivity contribution in [3.63, 3.8) is 0 Å². The quantitative estimate of drug-likeness (QED) is 0.897. The van der Waals surface area contributed by atoms with Gasteiger partial charge in [0.15, 0.2) is 0 Å². The predicted octanol–water partition coefficient (Wildman–Crippen LogP) is 2.90. The molecule has 1 fully saturated rings. The van der Waals surface area contributed by atoms with Crippen molar-refractivity contribution in [3.8, 4) is 5.75 Å². The lowest BCUT2D eigenvalue weighted by molar-refractivity contribution is 0.229. The molecule has 2 N–H and O–H groups in total. The Morgan fingerprint density at radius 2 is 2.33 bits per heavy atom. The minimum Gasteiger partial charge on any atom is -0.508 e. The summed E-state index contributed by atoms with van der Waals surface area (Å²) < 4.78 is 1.03. The molecule has 1 aromatic rings. The van der Waals surface area contributed by atoms with E-state index in [9.17, 15) is 5.11 Å². The van der Waals surface area contributed by atoms with Gasteiger partial charge in [-0.25, -0.2) is 0 Å². The van der Waals surface area contributed by atoms with Gasteiger partial charge in [-0.2, -0.15) is 0 Å². The largest absolute Gasteiger partial charge is 0.508 e. The molecule has 0 aromatic heterocycles. The molecule has 18 heavy (non-hydrogen) atoms. The van der Waals surface area contributed by atoms with Crippen molar-refractivity contribution in [2.75, 3.05) is 20.1 Å². The number of hydrogen-bond donors (Lipinski definition) is 2. The molecule has 1 aliphatic heterocycles. The molecule has 0 saturated carbocycles. The summed E-state index contributed by atoms with van der Waals surface area (Å²) in [5.41, 5.74) is 1.03. The molecule has 4 heteroatoms. The summed E-state index contributed by atoms with van der Waals surface area (Å²) in [6.45, 7) is 4.33. The highest BCUT2D eigenvalue weighted by Crippen LogP contribution is 2.35. The molecule has 1 aromatic carbocycles. The van der Waals surface area contributed by atoms with Crippen molar-refractivity contribution < 1.29 is 5.11 Å². The van der Waals surface area contributed by atoms with E-state index in [1.165, 1.54) is 6.42 Å². The maximum Gasteiger partial charge on any atom is 0.120 e. The lowest BCUT2D eigenvalue weighted by Gasteiger charge is -2.28. The van der Waals surface area contributed by atoms with Crippen LogP contribution in [0.15, 0.2) is 22.7 Å². The van der Waals surface area contributed by atoms with Gasteiger partial charge in [-0.05, 0) is 38.1 Å². The summed E-state index contributed by atoms with van der Waals surface area (Å²) in [5.74, 6) is 0.401. The first-order valence-electron chi connectivity index (χ1n) is 6.55. The minimum atomic E-state index is 0.306. The first-order chi connectivity index (χ1) is 8.65. The number of likely N-dealkylation sites (N-methyl/N-ethyl adjacent to an activating group) is 1. The van der Waals surface area contributed by atoms with Crippen LogP contribution in [0.5, 0.6) is 5.75 Å². The highest BCUT2D eigenvalue weighted by atomic mass is 79.9. The van der Waals surface area contributed by atoms with Crippen LogP contribution >= 0.6 is 15.9 Å². The Hall–Kier alpha value is -0.580. The third-order valence-electron chi connectivity index (χ3n) is 3.80. The van der Waals surface area contributed by atoms with Gasteiger partial charge in [-0.3, -0.25) is 4.90 Å². The van der Waals surface area contributed by atoms with Gasteiger partial charge in [0.25, 0.3) is 0 Å². The number of likely N-dealkylation sites (tertiary alicyclic amines) is 1. The van der Waals surface area contributed by atoms with Gasteiger partial charge in [0.05, 0.1) is 0 Å². The number of hydrogen-bond acceptors (Lipinski definition) is 3. The molecule has 2 unspecified atom stereocenters. The molecule has 1 heterocycles. The molecular weight excluding hydrogens is 292 g/mol. The molecule has 0 spiro atoms. The van der Waals surface area contributed by atoms with E-state index in [0.29, 0.717) is 17.8 Å². The SMILES string of the molecule is CCC(c1cc(Br)ccc1O)N1CCC(NC)C1. The molecule has 0 amide bonds. The Balaban J connectivity index is 2.20. The average Bonchev–Trinajstić information content (AvgIpc) is 2.83. The van der Waals surface area contributed by atoms with Gasteiger partial charge in [0, 0.05) is 35.2 Å². The Morgan fingerprint density at radius 1 is 1.56 bits per heavy atom. The predicted molar refractivity (Wildman–Crippen MR) is 77.9 cm³/mol. The fourth-order valence-corrected chi connectivity index (χ4v) is 3.15. The first-order valence-corrected chi connectivity index (χ1v) is 7.34. The Morgan fingerprint density at radius 3 is 2.94 bits per heavy atom. The van der Waals surface area contributed by atoms with Crippen molar-refractivity contribution in [1.82, 2.24) is 10.2 Å². The minimum absolute atomic E-state index is 0.306. The zero-order chi connectivity index (χ0) is 13.1. The molecule has 1 saturated heterocycles. The Bertz CT molecular complexity index is 411. The van der Waals surface area contributed by atoms with Gasteiger partial charge in [-0.15, -0.1) is 0 Å². The highest BCUT2D eigenvalue weighted by Gasteiger charge is 2.28. The lowest BCUT2D eigenvalue weighted by Crippen LogP contribution is -2.31. The van der Waals surface area contributed by atoms with Crippen molar-refractivity contribution in [2.24, 2.45) is 0 Å². The molecule has 0 aliphatic carbocycles. The summed E-state index contributed by atoms with van der Waals surface area (Å²) in [7, 11) is 2.02. The standard InChI is InChI=1S/C14H21BrN2O/c1-3-13(17-7-6-11(9-17)16-2)12-8-10(15)4-5-14(12)18/h4-5,8,11,13,16,18H,3,6-7,9H2,1-2H3. The first kappa shape index (κ1) is 13.8. The van der Waals surface area contributed by atoms with Crippen LogP contribution in [0, 0.1) is 0 Å². The van der Waals surface area contributed by atoms with E-state index in [0.717, 1.165) is 29.5 Å². The Kier molecular flexibility index (Phi) is 4.65. The third kappa shape index (κ3) is 2.87. The smallest absolute Gasteiger partial charge is 0.120 e. The maximum absolute atomic E-state index is 10.1. The molecule has 1 aliphatic rings. The van der Waals surface area contributed by atoms with Gasteiger partial charge in [0.2, 0.25) is 0 Å². The van der Waals surface area contributed by atoms with Crippen LogP contribution in [-0.4, -0.2) is 36.2 Å². The van der Waals surface area contributed by atoms with E-state index < -0.39 is 0 Å². The van der Waals surface area contributed by atoms with E-state index >= 15 is 0 Å². The molecule has 2 rings (SSSR count). The van der Waals surface area contributed by atoms with Gasteiger partial charge in [-0.1, -0.05) is 22.9 Å². The average molecular weight is 313 g/mol. The monoisotopic (exact) mass is 312 g/mol. The maximum atomic E-state index is 10.1. The fraction of sp³-hybridized carbons (Fsp3) is 0.571. The number of benzene rings is 1. The number of nitrogens with zero attached hydrogens (tertiary/aromatic N) is 1. The van der Waals surface area contributed by atoms with Crippen LogP contribution in [0.2, 0.25) is 0 Å². The highest BCUT2D eigenvalue weighted by molar-refractivity contribution is 9.10. The lowest BCUT2D eigenvalue weighted by atomic mass is 10.0. The van der Waals surface area contributed by atoms with E-state index in [2.05, 4.69) is 33.1 Å². The van der Waals surface area contributed by atoms with Crippen LogP contribution < -0.4 is 5.32 Å². The second-order valence-electron chi connectivity index (χ2n) is 4.90. The van der Waals surface area contributed by atoms with Crippen molar-refractivity contribution >= 4 is 15.9 Å². The Labute approximate surface area is 117 Å². The zero-order valence-electron chi connectivity index (χ0n) is 11.0. The zero-order valence-corrected chi connectivity index (χ0v) is 12.6. The summed E-state index contributed by atoms with van der Waals surface area (Å²) in [6.07, 6.45) is 2.20. The summed E-state index contributed by atoms with van der Waals surface area (Å²) in [6, 6.07) is 6.57. The molecule has 100 valence electrons. The molecule has 0 bridgehead atoms. The van der Waals surface area contributed by atoms with Crippen LogP contribution in [-0.2, 0) is 0 Å². The fourth-order valence-electron chi connectivity index (χ4n) is 2.77. The van der Waals surface area contributed by atoms with E-state index in [-0.39, 0.29) is 0 Å². The number of phenolic OH excluding ortho intramolecular Hbond substituents is 1. The molecule has 2 atom stereocenters. The van der Waals surface area contributed by atoms with Crippen LogP contribution in [0.1, 0.15) is 31.4 Å². The number of halogens is 1. The molecule has 3 nitrogen and oxygen atoms in total. The summed E-state index contributed by atoms with van der Waals surface area (Å²) in [5, 5.41) is 13.4. The van der Waals surface area contributed by atoms with Gasteiger partial charge >= 0.3 is 0 Å². The summed E-state index contributed by atoms with van der Waals surface area (Å²) in [4.78, 5) is 2.46. The molecular formula is C14H21BrN2O. The molecule has 0 radical (unpaired) electrons. The van der Waals surface area contributed by atoms with Crippen LogP contribution in [0.4, 0.5) is 0 Å². The van der Waals surface area contributed by atoms with E-state index in [1.54, 1.807) is 6.07 Å². The van der Waals surface area contributed by atoms with E-state index in [4.69, 9.17) is 0 Å². The topological polar surface area (TPSA) is 35.5 Å². The normalized spacial score (nSPS) is 22.3. The van der Waals surface area contributed by atoms with Crippen molar-refractivity contribution in [2.45, 2.75) is 31.8 Å². The van der Waals surface area contributed by atoms with Crippen LogP contribution in [0.25, 0.3) is 0 Å². The van der Waals surface area contributed by atoms with Gasteiger partial charge < -0.3 is 10.4 Å². The third-order valence-corrected chi connectivity index (χ3v) is 4.30.